The molecule has 4 aliphatic rings. The van der Waals surface area contributed by atoms with Crippen LogP contribution in [0.3, 0.4) is 0 Å². The predicted molar refractivity (Wildman–Crippen MR) is 104 cm³/mol. The summed E-state index contributed by atoms with van der Waals surface area (Å²) in [5.74, 6) is -1.14. The van der Waals surface area contributed by atoms with Crippen LogP contribution in [-0.4, -0.2) is 28.6 Å². The van der Waals surface area contributed by atoms with Crippen LogP contribution in [0, 0.1) is 33.0 Å². The monoisotopic (exact) mass is 437 g/mol. The van der Waals surface area contributed by atoms with Gasteiger partial charge in [-0.2, -0.15) is 0 Å². The van der Waals surface area contributed by atoms with Crippen molar-refractivity contribution in [3.63, 3.8) is 0 Å². The number of halogens is 1. The molecular weight excluding hydrogens is 410 g/mol. The van der Waals surface area contributed by atoms with Crippen molar-refractivity contribution in [3.05, 3.63) is 0 Å². The van der Waals surface area contributed by atoms with Gasteiger partial charge in [0.15, 0.2) is 0 Å². The Hall–Kier alpha value is -1.04. The molecule has 0 heterocycles. The van der Waals surface area contributed by atoms with Crippen molar-refractivity contribution in [2.24, 2.45) is 38.1 Å². The summed E-state index contributed by atoms with van der Waals surface area (Å²) in [4.78, 5) is 43.9. The second-order valence-electron chi connectivity index (χ2n) is 10.3. The van der Waals surface area contributed by atoms with Crippen molar-refractivity contribution < 1.29 is 19.2 Å². The van der Waals surface area contributed by atoms with Crippen LogP contribution in [0.5, 0.6) is 0 Å². The maximum absolute atomic E-state index is 13.1. The number of fused-ring (bicyclic) bond motifs is 4. The summed E-state index contributed by atoms with van der Waals surface area (Å²) in [7, 11) is 0. The Kier molecular flexibility index (Phi) is 3.79. The fourth-order valence-corrected chi connectivity index (χ4v) is 7.65. The first kappa shape index (κ1) is 19.3. The molecule has 5 atom stereocenters. The van der Waals surface area contributed by atoms with E-state index in [2.05, 4.69) is 34.9 Å². The van der Waals surface area contributed by atoms with Gasteiger partial charge in [0.1, 0.15) is 5.41 Å². The van der Waals surface area contributed by atoms with E-state index in [9.17, 15) is 14.4 Å². The minimum absolute atomic E-state index is 0.0981. The number of alkyl halides is 1. The lowest BCUT2D eigenvalue weighted by atomic mass is 9.65. The summed E-state index contributed by atoms with van der Waals surface area (Å²) in [5.41, 5.74) is -2.02. The Morgan fingerprint density at radius 1 is 1.07 bits per heavy atom. The molecule has 4 fully saturated rings. The SMILES string of the molecule is CC12CCC(C(=O)O/N=C3\CC4CCC3(C)C4(C)CBr)(C(=O)C1=O)C2(C)C. The highest BCUT2D eigenvalue weighted by molar-refractivity contribution is 9.09. The molecule has 5 nitrogen and oxygen atoms in total. The summed E-state index contributed by atoms with van der Waals surface area (Å²) >= 11 is 3.67. The highest BCUT2D eigenvalue weighted by atomic mass is 79.9. The molecule has 4 rings (SSSR count). The van der Waals surface area contributed by atoms with E-state index in [1.165, 1.54) is 0 Å². The molecule has 4 aliphatic carbocycles. The van der Waals surface area contributed by atoms with Crippen LogP contribution in [0.15, 0.2) is 5.16 Å². The second kappa shape index (κ2) is 5.31. The quantitative estimate of drug-likeness (QED) is 0.219. The Balaban J connectivity index is 1.64. The molecule has 0 aromatic heterocycles. The largest absolute Gasteiger partial charge is 0.349 e. The van der Waals surface area contributed by atoms with E-state index >= 15 is 0 Å². The molecule has 0 spiro atoms. The Morgan fingerprint density at radius 2 is 1.74 bits per heavy atom. The zero-order valence-electron chi connectivity index (χ0n) is 16.8. The van der Waals surface area contributed by atoms with Gasteiger partial charge in [-0.05, 0) is 43.4 Å². The van der Waals surface area contributed by atoms with Gasteiger partial charge in [-0.25, -0.2) is 4.79 Å². The van der Waals surface area contributed by atoms with Gasteiger partial charge >= 0.3 is 5.97 Å². The van der Waals surface area contributed by atoms with Gasteiger partial charge in [-0.3, -0.25) is 9.59 Å². The summed E-state index contributed by atoms with van der Waals surface area (Å²) in [6, 6.07) is 0. The maximum atomic E-state index is 13.1. The first-order valence-corrected chi connectivity index (χ1v) is 11.0. The first-order valence-electron chi connectivity index (χ1n) is 9.86. The van der Waals surface area contributed by atoms with Crippen molar-refractivity contribution in [2.45, 2.75) is 66.7 Å². The number of Topliss-reactive ketones (excluding diaryl/α,β-unsaturated/α-hetero) is 2. The van der Waals surface area contributed by atoms with Crippen LogP contribution in [0.4, 0.5) is 0 Å². The summed E-state index contributed by atoms with van der Waals surface area (Å²) in [6.45, 7) is 9.97. The molecule has 0 amide bonds. The third kappa shape index (κ3) is 1.82. The predicted octanol–water partition coefficient (Wildman–Crippen LogP) is 4.07. The molecule has 0 aliphatic heterocycles. The summed E-state index contributed by atoms with van der Waals surface area (Å²) in [6.07, 6.45) is 3.92. The number of oxime groups is 1. The highest BCUT2D eigenvalue weighted by Crippen LogP contribution is 2.69. The molecule has 0 radical (unpaired) electrons. The van der Waals surface area contributed by atoms with Gasteiger partial charge in [0.05, 0.1) is 5.71 Å². The minimum Gasteiger partial charge on any atom is -0.317 e. The van der Waals surface area contributed by atoms with Crippen LogP contribution in [0.2, 0.25) is 0 Å². The van der Waals surface area contributed by atoms with E-state index in [4.69, 9.17) is 4.84 Å². The van der Waals surface area contributed by atoms with Gasteiger partial charge in [-0.15, -0.1) is 0 Å². The molecule has 148 valence electrons. The number of carbonyl (C=O) groups excluding carboxylic acids is 3. The maximum Gasteiger partial charge on any atom is 0.349 e. The molecule has 6 heteroatoms. The standard InChI is InChI=1S/C21H28BrNO4/c1-17(2)19(4)8-9-21(17,15(25)14(19)24)16(26)27-23-13-10-12-6-7-18(13,3)20(12,5)11-22/h12H,6-11H2,1-5H3/b23-13+. The lowest BCUT2D eigenvalue weighted by molar-refractivity contribution is -0.165. The number of nitrogens with zero attached hydrogens (tertiary/aromatic N) is 1. The molecule has 0 N–H and O–H groups in total. The Labute approximate surface area is 168 Å². The van der Waals surface area contributed by atoms with E-state index in [1.807, 2.05) is 13.8 Å². The van der Waals surface area contributed by atoms with Crippen molar-refractivity contribution in [1.82, 2.24) is 0 Å². The average molecular weight is 438 g/mol. The second-order valence-corrected chi connectivity index (χ2v) is 10.8. The first-order chi connectivity index (χ1) is 12.4. The number of carbonyl (C=O) groups is 3. The van der Waals surface area contributed by atoms with Gasteiger partial charge in [0.2, 0.25) is 11.6 Å². The molecule has 0 aromatic carbocycles. The van der Waals surface area contributed by atoms with E-state index in [1.54, 1.807) is 6.92 Å². The normalized spacial score (nSPS) is 48.7. The average Bonchev–Trinajstić information content (AvgIpc) is 3.13. The van der Waals surface area contributed by atoms with Gasteiger partial charge in [-0.1, -0.05) is 55.7 Å². The van der Waals surface area contributed by atoms with Gasteiger partial charge < -0.3 is 4.84 Å². The fraction of sp³-hybridized carbons (Fsp3) is 0.810. The topological polar surface area (TPSA) is 72.8 Å². The number of ketones is 2. The van der Waals surface area contributed by atoms with Crippen molar-refractivity contribution in [2.75, 3.05) is 5.33 Å². The fourth-order valence-electron chi connectivity index (χ4n) is 6.57. The summed E-state index contributed by atoms with van der Waals surface area (Å²) < 4.78 is 0. The van der Waals surface area contributed by atoms with Crippen LogP contribution in [0.1, 0.15) is 66.7 Å². The number of rotatable bonds is 3. The van der Waals surface area contributed by atoms with Crippen molar-refractivity contribution in [3.8, 4) is 0 Å². The van der Waals surface area contributed by atoms with Crippen LogP contribution < -0.4 is 0 Å². The zero-order chi connectivity index (χ0) is 20.0. The summed E-state index contributed by atoms with van der Waals surface area (Å²) in [5, 5.41) is 5.19. The number of hydrogen-bond donors (Lipinski definition) is 0. The van der Waals surface area contributed by atoms with E-state index < -0.39 is 33.8 Å². The molecular formula is C21H28BrNO4. The Morgan fingerprint density at radius 3 is 2.26 bits per heavy atom. The van der Waals surface area contributed by atoms with Crippen LogP contribution >= 0.6 is 15.9 Å². The minimum atomic E-state index is -1.39. The zero-order valence-corrected chi connectivity index (χ0v) is 18.4. The van der Waals surface area contributed by atoms with Gasteiger partial charge in [0.25, 0.3) is 0 Å². The van der Waals surface area contributed by atoms with Gasteiger partial charge in [0, 0.05) is 21.6 Å². The lowest BCUT2D eigenvalue weighted by Crippen LogP contribution is -2.45. The molecule has 0 aromatic rings. The molecule has 0 saturated heterocycles. The molecule has 4 bridgehead atoms. The lowest BCUT2D eigenvalue weighted by Gasteiger charge is -2.37. The molecule has 27 heavy (non-hydrogen) atoms. The van der Waals surface area contributed by atoms with E-state index in [0.29, 0.717) is 18.8 Å². The molecule has 5 unspecified atom stereocenters. The van der Waals surface area contributed by atoms with Crippen LogP contribution in [0.25, 0.3) is 0 Å². The highest BCUT2D eigenvalue weighted by Gasteiger charge is 2.79. The van der Waals surface area contributed by atoms with Crippen molar-refractivity contribution in [1.29, 1.82) is 0 Å². The van der Waals surface area contributed by atoms with Crippen molar-refractivity contribution >= 4 is 39.2 Å². The van der Waals surface area contributed by atoms with E-state index in [-0.39, 0.29) is 10.8 Å². The number of hydrogen-bond acceptors (Lipinski definition) is 5. The smallest absolute Gasteiger partial charge is 0.317 e. The van der Waals surface area contributed by atoms with E-state index in [0.717, 1.165) is 30.3 Å². The third-order valence-electron chi connectivity index (χ3n) is 9.64. The third-order valence-corrected chi connectivity index (χ3v) is 10.8. The molecule has 4 saturated carbocycles. The van der Waals surface area contributed by atoms with Crippen LogP contribution in [-0.2, 0) is 19.2 Å². The Bertz CT molecular complexity index is 804.